The summed E-state index contributed by atoms with van der Waals surface area (Å²) in [5, 5.41) is 11.0. The van der Waals surface area contributed by atoms with Gasteiger partial charge in [0.15, 0.2) is 5.78 Å². The van der Waals surface area contributed by atoms with Crippen LogP contribution in [0.15, 0.2) is 54.6 Å². The first-order valence-electron chi connectivity index (χ1n) is 9.89. The van der Waals surface area contributed by atoms with Gasteiger partial charge in [0.25, 0.3) is 0 Å². The molecule has 0 spiro atoms. The maximum absolute atomic E-state index is 12.6. The number of Topliss-reactive ketones (excluding diaryl/α,β-unsaturated/α-hetero) is 1. The summed E-state index contributed by atoms with van der Waals surface area (Å²) in [5.41, 5.74) is 1.84. The number of aliphatic hydroxyl groups is 1. The molecule has 2 aromatic rings. The third kappa shape index (κ3) is 5.89. The number of hydrogen-bond acceptors (Lipinski definition) is 4. The average Bonchev–Trinajstić information content (AvgIpc) is 2.73. The van der Waals surface area contributed by atoms with E-state index in [4.69, 9.17) is 16.3 Å². The number of halogens is 1. The second kappa shape index (κ2) is 10.2. The Hall–Kier alpha value is -1.72. The molecule has 3 rings (SSSR count). The van der Waals surface area contributed by atoms with Crippen LogP contribution >= 0.6 is 11.6 Å². The lowest BCUT2D eigenvalue weighted by Gasteiger charge is -2.32. The summed E-state index contributed by atoms with van der Waals surface area (Å²) in [7, 11) is 0. The van der Waals surface area contributed by atoms with Crippen molar-refractivity contribution in [1.29, 1.82) is 0 Å². The number of aliphatic hydroxyl groups excluding tert-OH is 1. The van der Waals surface area contributed by atoms with E-state index in [-0.39, 0.29) is 24.4 Å². The van der Waals surface area contributed by atoms with Gasteiger partial charge in [-0.25, -0.2) is 0 Å². The maximum Gasteiger partial charge on any atom is 0.166 e. The summed E-state index contributed by atoms with van der Waals surface area (Å²) in [6.07, 6.45) is 1.03. The van der Waals surface area contributed by atoms with E-state index in [9.17, 15) is 9.90 Å². The normalized spacial score (nSPS) is 18.0. The molecule has 1 heterocycles. The molecule has 28 heavy (non-hydrogen) atoms. The van der Waals surface area contributed by atoms with Crippen LogP contribution in [0, 0.1) is 5.92 Å². The molecule has 4 nitrogen and oxygen atoms in total. The second-order valence-corrected chi connectivity index (χ2v) is 7.92. The summed E-state index contributed by atoms with van der Waals surface area (Å²) in [6.45, 7) is 4.48. The van der Waals surface area contributed by atoms with Crippen LogP contribution in [0.4, 0.5) is 0 Å². The van der Waals surface area contributed by atoms with Crippen molar-refractivity contribution in [2.24, 2.45) is 5.92 Å². The van der Waals surface area contributed by atoms with Crippen molar-refractivity contribution in [3.8, 4) is 0 Å². The van der Waals surface area contributed by atoms with Gasteiger partial charge in [0.1, 0.15) is 0 Å². The fraction of sp³-hybridized carbons (Fsp3) is 0.435. The molecule has 1 fully saturated rings. The molecule has 0 bridgehead atoms. The fourth-order valence-corrected chi connectivity index (χ4v) is 3.78. The van der Waals surface area contributed by atoms with Gasteiger partial charge in [-0.3, -0.25) is 4.79 Å². The maximum atomic E-state index is 12.6. The Labute approximate surface area is 172 Å². The van der Waals surface area contributed by atoms with E-state index in [2.05, 4.69) is 4.90 Å². The highest BCUT2D eigenvalue weighted by atomic mass is 35.5. The number of hydrogen-bond donors (Lipinski definition) is 1. The molecule has 2 aromatic carbocycles. The molecule has 5 heteroatoms. The number of nitrogens with zero attached hydrogens (tertiary/aromatic N) is 1. The van der Waals surface area contributed by atoms with E-state index >= 15 is 0 Å². The van der Waals surface area contributed by atoms with E-state index in [0.717, 1.165) is 37.1 Å². The lowest BCUT2D eigenvalue weighted by Crippen LogP contribution is -2.41. The van der Waals surface area contributed by atoms with Crippen molar-refractivity contribution >= 4 is 17.4 Å². The summed E-state index contributed by atoms with van der Waals surface area (Å²) in [4.78, 5) is 14.8. The van der Waals surface area contributed by atoms with Crippen LogP contribution < -0.4 is 0 Å². The van der Waals surface area contributed by atoms with Crippen LogP contribution in [0.2, 0.25) is 5.02 Å². The Morgan fingerprint density at radius 3 is 2.43 bits per heavy atom. The minimum Gasteiger partial charge on any atom is -0.389 e. The molecule has 1 aliphatic heterocycles. The zero-order valence-electron chi connectivity index (χ0n) is 16.3. The molecule has 0 saturated carbocycles. The fourth-order valence-electron chi connectivity index (χ4n) is 3.65. The summed E-state index contributed by atoms with van der Waals surface area (Å²) >= 11 is 5.91. The highest BCUT2D eigenvalue weighted by molar-refractivity contribution is 6.30. The Morgan fingerprint density at radius 2 is 1.79 bits per heavy atom. The first-order valence-corrected chi connectivity index (χ1v) is 10.3. The number of rotatable bonds is 8. The van der Waals surface area contributed by atoms with Crippen molar-refractivity contribution in [1.82, 2.24) is 4.90 Å². The van der Waals surface area contributed by atoms with Crippen molar-refractivity contribution in [3.63, 3.8) is 0 Å². The van der Waals surface area contributed by atoms with Crippen LogP contribution in [-0.2, 0) is 4.74 Å². The molecule has 2 atom stereocenters. The molecule has 0 aromatic heterocycles. The predicted octanol–water partition coefficient (Wildman–Crippen LogP) is 4.37. The topological polar surface area (TPSA) is 49.8 Å². The SMILES string of the molecule is CC(OCC(O)CN1CCC(C(=O)c2ccccc2)CC1)c1ccc(Cl)cc1. The van der Waals surface area contributed by atoms with Crippen molar-refractivity contribution in [2.75, 3.05) is 26.2 Å². The molecule has 0 amide bonds. The summed E-state index contributed by atoms with van der Waals surface area (Å²) in [5.74, 6) is 0.317. The van der Waals surface area contributed by atoms with Gasteiger partial charge in [0.2, 0.25) is 0 Å². The zero-order valence-corrected chi connectivity index (χ0v) is 17.0. The Bertz CT molecular complexity index is 742. The van der Waals surface area contributed by atoms with Gasteiger partial charge >= 0.3 is 0 Å². The predicted molar refractivity (Wildman–Crippen MR) is 112 cm³/mol. The van der Waals surface area contributed by atoms with Crippen LogP contribution in [0.25, 0.3) is 0 Å². The van der Waals surface area contributed by atoms with E-state index in [1.165, 1.54) is 0 Å². The third-order valence-electron chi connectivity index (χ3n) is 5.36. The largest absolute Gasteiger partial charge is 0.389 e. The molecular formula is C23H28ClNO3. The van der Waals surface area contributed by atoms with Gasteiger partial charge in [0, 0.05) is 23.0 Å². The highest BCUT2D eigenvalue weighted by Gasteiger charge is 2.26. The average molecular weight is 402 g/mol. The third-order valence-corrected chi connectivity index (χ3v) is 5.62. The highest BCUT2D eigenvalue weighted by Crippen LogP contribution is 2.23. The number of carbonyl (C=O) groups excluding carboxylic acids is 1. The minimum atomic E-state index is -0.545. The van der Waals surface area contributed by atoms with Gasteiger partial charge in [-0.05, 0) is 50.6 Å². The number of carbonyl (C=O) groups is 1. The first kappa shape index (κ1) is 21.0. The lowest BCUT2D eigenvalue weighted by molar-refractivity contribution is -0.0188. The monoisotopic (exact) mass is 401 g/mol. The van der Waals surface area contributed by atoms with Gasteiger partial charge in [-0.15, -0.1) is 0 Å². The molecular weight excluding hydrogens is 374 g/mol. The second-order valence-electron chi connectivity index (χ2n) is 7.49. The Kier molecular flexibility index (Phi) is 7.63. The van der Waals surface area contributed by atoms with E-state index in [1.807, 2.05) is 61.5 Å². The molecule has 150 valence electrons. The van der Waals surface area contributed by atoms with Crippen molar-refractivity contribution in [3.05, 3.63) is 70.7 Å². The van der Waals surface area contributed by atoms with Gasteiger partial charge < -0.3 is 14.7 Å². The van der Waals surface area contributed by atoms with Crippen LogP contribution in [0.3, 0.4) is 0 Å². The number of piperidine rings is 1. The lowest BCUT2D eigenvalue weighted by atomic mass is 9.89. The number of β-amino-alcohol motifs (C(OH)–C–C–N with tert-alkyl or cyclic N) is 1. The van der Waals surface area contributed by atoms with E-state index in [0.29, 0.717) is 11.6 Å². The van der Waals surface area contributed by atoms with Gasteiger partial charge in [-0.1, -0.05) is 54.1 Å². The summed E-state index contributed by atoms with van der Waals surface area (Å²) in [6, 6.07) is 17.1. The van der Waals surface area contributed by atoms with E-state index in [1.54, 1.807) is 0 Å². The van der Waals surface area contributed by atoms with Crippen molar-refractivity contribution in [2.45, 2.75) is 32.0 Å². The molecule has 0 radical (unpaired) electrons. The number of ether oxygens (including phenoxy) is 1. The van der Waals surface area contributed by atoms with E-state index < -0.39 is 6.10 Å². The minimum absolute atomic E-state index is 0.0805. The Balaban J connectivity index is 1.39. The standard InChI is InChI=1S/C23H28ClNO3/c1-17(18-7-9-21(24)10-8-18)28-16-22(26)15-25-13-11-20(12-14-25)23(27)19-5-3-2-4-6-19/h2-10,17,20,22,26H,11-16H2,1H3. The molecule has 1 aliphatic rings. The summed E-state index contributed by atoms with van der Waals surface area (Å²) < 4.78 is 5.81. The molecule has 0 aliphatic carbocycles. The number of ketones is 1. The zero-order chi connectivity index (χ0) is 19.9. The van der Waals surface area contributed by atoms with Crippen molar-refractivity contribution < 1.29 is 14.6 Å². The van der Waals surface area contributed by atoms with Gasteiger partial charge in [-0.2, -0.15) is 0 Å². The van der Waals surface area contributed by atoms with Crippen LogP contribution in [0.1, 0.15) is 41.8 Å². The van der Waals surface area contributed by atoms with Crippen LogP contribution in [0.5, 0.6) is 0 Å². The van der Waals surface area contributed by atoms with Gasteiger partial charge in [0.05, 0.1) is 18.8 Å². The molecule has 1 saturated heterocycles. The smallest absolute Gasteiger partial charge is 0.166 e. The Morgan fingerprint density at radius 1 is 1.14 bits per heavy atom. The molecule has 1 N–H and O–H groups in total. The van der Waals surface area contributed by atoms with Crippen LogP contribution in [-0.4, -0.2) is 48.1 Å². The number of likely N-dealkylation sites (tertiary alicyclic amines) is 1. The quantitative estimate of drug-likeness (QED) is 0.667. The first-order chi connectivity index (χ1) is 13.5. The molecule has 2 unspecified atom stereocenters. The number of benzene rings is 2.